The van der Waals surface area contributed by atoms with Gasteiger partial charge in [0.2, 0.25) is 0 Å². The smallest absolute Gasteiger partial charge is 0.105 e. The Morgan fingerprint density at radius 2 is 2.00 bits per heavy atom. The molecule has 0 aliphatic heterocycles. The molecule has 2 unspecified atom stereocenters. The van der Waals surface area contributed by atoms with E-state index >= 15 is 0 Å². The number of rotatable bonds is 2. The summed E-state index contributed by atoms with van der Waals surface area (Å²) in [5, 5.41) is 0. The second kappa shape index (κ2) is 3.42. The van der Waals surface area contributed by atoms with Crippen LogP contribution in [0.3, 0.4) is 0 Å². The highest BCUT2D eigenvalue weighted by molar-refractivity contribution is 7.80. The average Bonchev–Trinajstić information content (AvgIpc) is 1.65. The molecule has 2 heteroatoms. The third kappa shape index (κ3) is 3.04. The van der Waals surface area contributed by atoms with Gasteiger partial charge in [-0.15, -0.1) is 0 Å². The first kappa shape index (κ1) is 7.41. The molecule has 0 amide bonds. The van der Waals surface area contributed by atoms with Crippen LogP contribution in [0.5, 0.6) is 0 Å². The van der Waals surface area contributed by atoms with Gasteiger partial charge in [0.15, 0.2) is 0 Å². The molecule has 0 nitrogen and oxygen atoms in total. The van der Waals surface area contributed by atoms with Gasteiger partial charge >= 0.3 is 0 Å². The van der Waals surface area contributed by atoms with Crippen molar-refractivity contribution in [1.29, 1.82) is 0 Å². The summed E-state index contributed by atoms with van der Waals surface area (Å²) in [7, 11) is 2.22. The summed E-state index contributed by atoms with van der Waals surface area (Å²) in [6.45, 7) is 4.44. The number of hydrogen-bond acceptors (Lipinski definition) is 1. The van der Waals surface area contributed by atoms with E-state index in [0.29, 0.717) is 0 Å². The zero-order valence-corrected chi connectivity index (χ0v) is 6.20. The van der Waals surface area contributed by atoms with Crippen LogP contribution in [0, 0.1) is 5.92 Å². The molecule has 0 bridgehead atoms. The van der Waals surface area contributed by atoms with E-state index in [9.17, 15) is 0 Å². The molecule has 0 radical (unpaired) electrons. The number of thiol groups is 1. The maximum absolute atomic E-state index is 4.15. The summed E-state index contributed by atoms with van der Waals surface area (Å²) in [6, 6.07) is 0. The first-order chi connectivity index (χ1) is 3.18. The van der Waals surface area contributed by atoms with Crippen molar-refractivity contribution < 1.29 is 0 Å². The molecule has 0 saturated carbocycles. The fourth-order valence-electron chi connectivity index (χ4n) is 0.211. The fraction of sp³-hybridized carbons (Fsp3) is 1.00. The van der Waals surface area contributed by atoms with Crippen molar-refractivity contribution >= 4 is 20.5 Å². The van der Waals surface area contributed by atoms with E-state index in [4.69, 9.17) is 0 Å². The zero-order valence-electron chi connectivity index (χ0n) is 5.31. The van der Waals surface area contributed by atoms with Gasteiger partial charge in [0.05, 0.1) is 0 Å². The lowest BCUT2D eigenvalue weighted by Gasteiger charge is -2.10. The minimum absolute atomic E-state index is 0.767. The molecule has 0 saturated heterocycles. The van der Waals surface area contributed by atoms with Gasteiger partial charge in [-0.1, -0.05) is 19.7 Å². The van der Waals surface area contributed by atoms with Gasteiger partial charge in [-0.3, -0.25) is 0 Å². The topological polar surface area (TPSA) is 0 Å². The van der Waals surface area contributed by atoms with E-state index < -0.39 is 0 Å². The summed E-state index contributed by atoms with van der Waals surface area (Å²) in [5.41, 5.74) is 0. The van der Waals surface area contributed by atoms with Crippen LogP contribution in [-0.4, -0.2) is 13.6 Å². The Kier molecular flexibility index (Phi) is 3.62. The van der Waals surface area contributed by atoms with Gasteiger partial charge in [0.25, 0.3) is 0 Å². The predicted molar refractivity (Wildman–Crippen MR) is 41.0 cm³/mol. The lowest BCUT2D eigenvalue weighted by molar-refractivity contribution is 0.637. The van der Waals surface area contributed by atoms with Gasteiger partial charge in [0.1, 0.15) is 7.85 Å². The Hall–Kier alpha value is 0.415. The van der Waals surface area contributed by atoms with Crippen LogP contribution in [0.15, 0.2) is 0 Å². The summed E-state index contributed by atoms with van der Waals surface area (Å²) >= 11 is 4.15. The molecule has 0 aliphatic carbocycles. The third-order valence-corrected chi connectivity index (χ3v) is 2.00. The van der Waals surface area contributed by atoms with Gasteiger partial charge in [-0.05, 0) is 11.7 Å². The molecule has 0 heterocycles. The Morgan fingerprint density at radius 3 is 2.00 bits per heavy atom. The van der Waals surface area contributed by atoms with Gasteiger partial charge in [0, 0.05) is 0 Å². The highest BCUT2D eigenvalue weighted by Gasteiger charge is 2.01. The Bertz CT molecular complexity index is 45.3. The molecule has 2 atom stereocenters. The van der Waals surface area contributed by atoms with E-state index in [1.807, 2.05) is 0 Å². The van der Waals surface area contributed by atoms with E-state index in [2.05, 4.69) is 34.3 Å². The largest absolute Gasteiger partial charge is 0.179 e. The monoisotopic (exact) mass is 116 g/mol. The van der Waals surface area contributed by atoms with Gasteiger partial charge < -0.3 is 0 Å². The minimum Gasteiger partial charge on any atom is -0.179 e. The molecule has 0 aliphatic rings. The molecule has 0 aromatic heterocycles. The van der Waals surface area contributed by atoms with Crippen LogP contribution < -0.4 is 0 Å². The van der Waals surface area contributed by atoms with Gasteiger partial charge in [-0.25, -0.2) is 0 Å². The minimum atomic E-state index is 0.767. The number of hydrogen-bond donors (Lipinski definition) is 1. The molecule has 42 valence electrons. The van der Waals surface area contributed by atoms with Crippen LogP contribution >= 0.6 is 12.6 Å². The van der Waals surface area contributed by atoms with Crippen molar-refractivity contribution in [2.75, 3.05) is 5.75 Å². The lowest BCUT2D eigenvalue weighted by Crippen LogP contribution is -2.02. The molecule has 0 rings (SSSR count). The normalized spacial score (nSPS) is 18.7. The van der Waals surface area contributed by atoms with E-state index in [1.165, 1.54) is 0 Å². The molecule has 0 fully saturated rings. The molecular formula is C5H13BS. The maximum atomic E-state index is 4.15. The molecule has 0 aromatic rings. The van der Waals surface area contributed by atoms with E-state index in [0.717, 1.165) is 17.5 Å². The highest BCUT2D eigenvalue weighted by atomic mass is 32.1. The van der Waals surface area contributed by atoms with Crippen molar-refractivity contribution in [2.45, 2.75) is 19.7 Å². The van der Waals surface area contributed by atoms with Crippen LogP contribution in [0.4, 0.5) is 0 Å². The molecular weight excluding hydrogens is 103 g/mol. The maximum Gasteiger partial charge on any atom is 0.105 e. The SMILES string of the molecule is BC(C)C(C)CS. The van der Waals surface area contributed by atoms with Crippen LogP contribution in [-0.2, 0) is 0 Å². The predicted octanol–water partition coefficient (Wildman–Crippen LogP) is 0.994. The Morgan fingerprint density at radius 1 is 1.57 bits per heavy atom. The van der Waals surface area contributed by atoms with Crippen LogP contribution in [0.1, 0.15) is 13.8 Å². The first-order valence-electron chi connectivity index (χ1n) is 2.79. The molecule has 0 spiro atoms. The van der Waals surface area contributed by atoms with Crippen molar-refractivity contribution in [3.63, 3.8) is 0 Å². The quantitative estimate of drug-likeness (QED) is 0.403. The van der Waals surface area contributed by atoms with Crippen molar-refractivity contribution in [3.8, 4) is 0 Å². The van der Waals surface area contributed by atoms with Crippen molar-refractivity contribution in [1.82, 2.24) is 0 Å². The zero-order chi connectivity index (χ0) is 5.86. The molecule has 0 N–H and O–H groups in total. The fourth-order valence-corrected chi connectivity index (χ4v) is 0.632. The summed E-state index contributed by atoms with van der Waals surface area (Å²) in [6.07, 6.45) is 0. The van der Waals surface area contributed by atoms with E-state index in [1.54, 1.807) is 0 Å². The second-order valence-electron chi connectivity index (χ2n) is 2.40. The summed E-state index contributed by atoms with van der Waals surface area (Å²) in [5.74, 6) is 2.57. The standard InChI is InChI=1S/C5H13BS/c1-4(3-7)5(2)6/h4-5,7H,3,6H2,1-2H3. The first-order valence-corrected chi connectivity index (χ1v) is 3.42. The van der Waals surface area contributed by atoms with E-state index in [-0.39, 0.29) is 0 Å². The van der Waals surface area contributed by atoms with Crippen molar-refractivity contribution in [2.24, 2.45) is 5.92 Å². The van der Waals surface area contributed by atoms with Crippen molar-refractivity contribution in [3.05, 3.63) is 0 Å². The molecule has 7 heavy (non-hydrogen) atoms. The highest BCUT2D eigenvalue weighted by Crippen LogP contribution is 2.12. The third-order valence-electron chi connectivity index (χ3n) is 1.43. The lowest BCUT2D eigenvalue weighted by atomic mass is 9.80. The summed E-state index contributed by atoms with van der Waals surface area (Å²) < 4.78 is 0. The van der Waals surface area contributed by atoms with Crippen LogP contribution in [0.25, 0.3) is 0 Å². The Balaban J connectivity index is 3.14. The molecule has 0 aromatic carbocycles. The average molecular weight is 116 g/mol. The second-order valence-corrected chi connectivity index (χ2v) is 2.77. The van der Waals surface area contributed by atoms with Crippen LogP contribution in [0.2, 0.25) is 5.82 Å². The Labute approximate surface area is 52.5 Å². The summed E-state index contributed by atoms with van der Waals surface area (Å²) in [4.78, 5) is 0. The van der Waals surface area contributed by atoms with Gasteiger partial charge in [-0.2, -0.15) is 12.6 Å².